The smallest absolute Gasteiger partial charge is 0.266 e. The Bertz CT molecular complexity index is 562. The van der Waals surface area contributed by atoms with Crippen LogP contribution >= 0.6 is 0 Å². The van der Waals surface area contributed by atoms with E-state index >= 15 is 0 Å². The Morgan fingerprint density at radius 3 is 2.60 bits per heavy atom. The maximum absolute atomic E-state index is 6.36. The van der Waals surface area contributed by atoms with Gasteiger partial charge in [-0.1, -0.05) is 30.3 Å². The summed E-state index contributed by atoms with van der Waals surface area (Å²) in [6, 6.07) is 9.75. The van der Waals surface area contributed by atoms with E-state index in [1.165, 1.54) is 0 Å². The number of ether oxygens (including phenoxy) is 1. The van der Waals surface area contributed by atoms with Gasteiger partial charge in [0.05, 0.1) is 13.2 Å². The molecule has 0 radical (unpaired) electrons. The number of benzene rings is 1. The molecule has 0 saturated carbocycles. The zero-order valence-corrected chi connectivity index (χ0v) is 11.5. The fourth-order valence-electron chi connectivity index (χ4n) is 2.23. The van der Waals surface area contributed by atoms with Crippen LogP contribution < -0.4 is 10.6 Å². The summed E-state index contributed by atoms with van der Waals surface area (Å²) in [5, 5.41) is 4.04. The van der Waals surface area contributed by atoms with Crippen LogP contribution in [0.2, 0.25) is 0 Å². The molecule has 1 atom stereocenters. The van der Waals surface area contributed by atoms with Crippen LogP contribution in [0.25, 0.3) is 0 Å². The molecular formula is C14H18N4O2. The summed E-state index contributed by atoms with van der Waals surface area (Å²) in [6.45, 7) is 4.78. The van der Waals surface area contributed by atoms with Gasteiger partial charge in [0.15, 0.2) is 0 Å². The molecule has 20 heavy (non-hydrogen) atoms. The Kier molecular flexibility index (Phi) is 3.42. The Morgan fingerprint density at radius 1 is 1.20 bits per heavy atom. The lowest BCUT2D eigenvalue weighted by Gasteiger charge is -2.25. The molecule has 0 spiro atoms. The predicted molar refractivity (Wildman–Crippen MR) is 74.4 cm³/mol. The lowest BCUT2D eigenvalue weighted by atomic mass is 9.93. The molecule has 1 aliphatic rings. The van der Waals surface area contributed by atoms with E-state index in [9.17, 15) is 0 Å². The van der Waals surface area contributed by atoms with Crippen LogP contribution in [0.5, 0.6) is 0 Å². The molecule has 0 amide bonds. The fraction of sp³-hybridized carbons (Fsp3) is 0.429. The monoisotopic (exact) mass is 274 g/mol. The molecule has 6 heteroatoms. The molecule has 2 heterocycles. The minimum Gasteiger partial charge on any atom is -0.378 e. The van der Waals surface area contributed by atoms with E-state index in [0.29, 0.717) is 25.1 Å². The predicted octanol–water partition coefficient (Wildman–Crippen LogP) is 1.13. The number of nitrogens with zero attached hydrogens (tertiary/aromatic N) is 3. The third-order valence-corrected chi connectivity index (χ3v) is 3.53. The van der Waals surface area contributed by atoms with Gasteiger partial charge in [-0.15, -0.1) is 0 Å². The van der Waals surface area contributed by atoms with Crippen molar-refractivity contribution in [3.8, 4) is 0 Å². The number of hydrogen-bond donors (Lipinski definition) is 1. The maximum Gasteiger partial charge on any atom is 0.266 e. The summed E-state index contributed by atoms with van der Waals surface area (Å²) in [5.41, 5.74) is 6.51. The minimum absolute atomic E-state index is 0.421. The Morgan fingerprint density at radius 2 is 1.90 bits per heavy atom. The SMILES string of the molecule is CC(N)(c1ccccc1)c1nc(N2CCOCC2)no1. The zero-order chi connectivity index (χ0) is 14.0. The van der Waals surface area contributed by atoms with Gasteiger partial charge in [-0.2, -0.15) is 4.98 Å². The van der Waals surface area contributed by atoms with Crippen LogP contribution in [0.15, 0.2) is 34.9 Å². The normalized spacial score (nSPS) is 18.8. The number of aromatic nitrogens is 2. The van der Waals surface area contributed by atoms with Crippen molar-refractivity contribution in [2.24, 2.45) is 5.73 Å². The van der Waals surface area contributed by atoms with Crippen LogP contribution in [0, 0.1) is 0 Å². The number of morpholine rings is 1. The maximum atomic E-state index is 6.36. The molecule has 2 N–H and O–H groups in total. The molecule has 0 bridgehead atoms. The van der Waals surface area contributed by atoms with Gasteiger partial charge < -0.3 is 19.9 Å². The fourth-order valence-corrected chi connectivity index (χ4v) is 2.23. The van der Waals surface area contributed by atoms with E-state index < -0.39 is 5.54 Å². The second-order valence-electron chi connectivity index (χ2n) is 5.07. The second kappa shape index (κ2) is 5.22. The third-order valence-electron chi connectivity index (χ3n) is 3.53. The minimum atomic E-state index is -0.793. The summed E-state index contributed by atoms with van der Waals surface area (Å²) >= 11 is 0. The first-order valence-corrected chi connectivity index (χ1v) is 6.69. The molecule has 1 saturated heterocycles. The van der Waals surface area contributed by atoms with Crippen molar-refractivity contribution in [3.63, 3.8) is 0 Å². The lowest BCUT2D eigenvalue weighted by molar-refractivity contribution is 0.121. The van der Waals surface area contributed by atoms with Crippen molar-refractivity contribution in [1.82, 2.24) is 10.1 Å². The van der Waals surface area contributed by atoms with Gasteiger partial charge in [0.2, 0.25) is 0 Å². The number of hydrogen-bond acceptors (Lipinski definition) is 6. The molecule has 1 unspecified atom stereocenters. The number of rotatable bonds is 3. The van der Waals surface area contributed by atoms with Crippen LogP contribution in [0.4, 0.5) is 5.95 Å². The van der Waals surface area contributed by atoms with Crippen molar-refractivity contribution >= 4 is 5.95 Å². The molecule has 1 aromatic carbocycles. The molecule has 0 aliphatic carbocycles. The van der Waals surface area contributed by atoms with Crippen LogP contribution in [-0.4, -0.2) is 36.4 Å². The number of nitrogens with two attached hydrogens (primary N) is 1. The van der Waals surface area contributed by atoms with E-state index in [2.05, 4.69) is 10.1 Å². The molecule has 1 fully saturated rings. The van der Waals surface area contributed by atoms with Gasteiger partial charge in [0.25, 0.3) is 11.8 Å². The topological polar surface area (TPSA) is 77.4 Å². The van der Waals surface area contributed by atoms with Crippen molar-refractivity contribution in [2.45, 2.75) is 12.5 Å². The molecule has 2 aromatic rings. The highest BCUT2D eigenvalue weighted by Gasteiger charge is 2.31. The van der Waals surface area contributed by atoms with Crippen LogP contribution in [0.3, 0.4) is 0 Å². The first-order valence-electron chi connectivity index (χ1n) is 6.69. The molecule has 3 rings (SSSR count). The van der Waals surface area contributed by atoms with Gasteiger partial charge in [0, 0.05) is 13.1 Å². The van der Waals surface area contributed by atoms with Gasteiger partial charge in [-0.05, 0) is 17.6 Å². The van der Waals surface area contributed by atoms with Gasteiger partial charge in [-0.25, -0.2) is 0 Å². The summed E-state index contributed by atoms with van der Waals surface area (Å²) in [5.74, 6) is 1.00. The summed E-state index contributed by atoms with van der Waals surface area (Å²) < 4.78 is 10.7. The average molecular weight is 274 g/mol. The van der Waals surface area contributed by atoms with Crippen LogP contribution in [-0.2, 0) is 10.3 Å². The van der Waals surface area contributed by atoms with E-state index in [-0.39, 0.29) is 0 Å². The molecule has 1 aromatic heterocycles. The first kappa shape index (κ1) is 13.1. The lowest BCUT2D eigenvalue weighted by Crippen LogP contribution is -2.37. The van der Waals surface area contributed by atoms with E-state index in [1.54, 1.807) is 0 Å². The number of anilines is 1. The summed E-state index contributed by atoms with van der Waals surface area (Å²) in [4.78, 5) is 6.49. The van der Waals surface area contributed by atoms with E-state index in [0.717, 1.165) is 18.7 Å². The highest BCUT2D eigenvalue weighted by atomic mass is 16.5. The Hall–Kier alpha value is -1.92. The highest BCUT2D eigenvalue weighted by Crippen LogP contribution is 2.26. The molecular weight excluding hydrogens is 256 g/mol. The van der Waals surface area contributed by atoms with Crippen molar-refractivity contribution in [1.29, 1.82) is 0 Å². The van der Waals surface area contributed by atoms with Crippen molar-refractivity contribution < 1.29 is 9.26 Å². The molecule has 6 nitrogen and oxygen atoms in total. The van der Waals surface area contributed by atoms with E-state index in [4.69, 9.17) is 15.0 Å². The highest BCUT2D eigenvalue weighted by molar-refractivity contribution is 5.33. The summed E-state index contributed by atoms with van der Waals surface area (Å²) in [6.07, 6.45) is 0. The Balaban J connectivity index is 1.85. The van der Waals surface area contributed by atoms with Crippen molar-refractivity contribution in [3.05, 3.63) is 41.8 Å². The first-order chi connectivity index (χ1) is 9.68. The van der Waals surface area contributed by atoms with Gasteiger partial charge >= 0.3 is 0 Å². The van der Waals surface area contributed by atoms with Gasteiger partial charge in [0.1, 0.15) is 5.54 Å². The largest absolute Gasteiger partial charge is 0.378 e. The zero-order valence-electron chi connectivity index (χ0n) is 11.5. The Labute approximate surface area is 117 Å². The standard InChI is InChI=1S/C14H18N4O2/c1-14(15,11-5-3-2-4-6-11)12-16-13(17-20-12)18-7-9-19-10-8-18/h2-6H,7-10,15H2,1H3. The van der Waals surface area contributed by atoms with Crippen molar-refractivity contribution in [2.75, 3.05) is 31.2 Å². The third kappa shape index (κ3) is 2.39. The average Bonchev–Trinajstić information content (AvgIpc) is 3.00. The van der Waals surface area contributed by atoms with Crippen LogP contribution in [0.1, 0.15) is 18.4 Å². The van der Waals surface area contributed by atoms with Gasteiger partial charge in [-0.3, -0.25) is 0 Å². The summed E-state index contributed by atoms with van der Waals surface area (Å²) in [7, 11) is 0. The molecule has 106 valence electrons. The second-order valence-corrected chi connectivity index (χ2v) is 5.07. The quantitative estimate of drug-likeness (QED) is 0.904. The molecule has 1 aliphatic heterocycles. The van der Waals surface area contributed by atoms with E-state index in [1.807, 2.05) is 42.2 Å².